The lowest BCUT2D eigenvalue weighted by Crippen LogP contribution is -2.21. The SMILES string of the molecule is CC(C)(C)c1cc(Oc2cc(-c3ccccn3)cc3c2CC2(Cc4ccccc4C2)C3)cc(-n2c3ccccc3c3cccnc32)c1. The lowest BCUT2D eigenvalue weighted by Gasteiger charge is -2.23. The van der Waals surface area contributed by atoms with Gasteiger partial charge in [-0.05, 0) is 119 Å². The Labute approximate surface area is 275 Å². The lowest BCUT2D eigenvalue weighted by molar-refractivity contribution is 0.324. The molecule has 0 atom stereocenters. The van der Waals surface area contributed by atoms with E-state index in [1.54, 1.807) is 0 Å². The quantitative estimate of drug-likeness (QED) is 0.199. The van der Waals surface area contributed by atoms with Crippen molar-refractivity contribution in [1.82, 2.24) is 14.5 Å². The van der Waals surface area contributed by atoms with Crippen LogP contribution in [0.3, 0.4) is 0 Å². The normalized spacial score (nSPS) is 15.0. The molecule has 4 heteroatoms. The zero-order valence-electron chi connectivity index (χ0n) is 27.1. The molecule has 0 unspecified atom stereocenters. The first-order chi connectivity index (χ1) is 22.8. The Morgan fingerprint density at radius 1 is 0.660 bits per heavy atom. The van der Waals surface area contributed by atoms with Gasteiger partial charge in [0.2, 0.25) is 0 Å². The molecule has 2 aliphatic rings. The number of benzene rings is 4. The Balaban J connectivity index is 1.20. The largest absolute Gasteiger partial charge is 0.457 e. The highest BCUT2D eigenvalue weighted by Crippen LogP contribution is 2.51. The van der Waals surface area contributed by atoms with Gasteiger partial charge in [0.25, 0.3) is 0 Å². The minimum Gasteiger partial charge on any atom is -0.457 e. The van der Waals surface area contributed by atoms with Gasteiger partial charge in [-0.1, -0.05) is 69.3 Å². The standard InChI is InChI=1S/C43H37N3O/c1-42(2,3)32-21-33(46-39-16-7-6-13-35(39)36-14-10-18-45-41(36)46)23-34(22-32)47-40-20-30(38-15-8-9-17-44-38)19-31-26-43(27-37(31)40)24-28-11-4-5-12-29(28)25-43/h4-23H,24-27H2,1-3H3. The maximum atomic E-state index is 7.10. The van der Waals surface area contributed by atoms with Crippen molar-refractivity contribution < 1.29 is 4.74 Å². The highest BCUT2D eigenvalue weighted by atomic mass is 16.5. The van der Waals surface area contributed by atoms with Gasteiger partial charge in [-0.3, -0.25) is 9.55 Å². The van der Waals surface area contributed by atoms with E-state index in [-0.39, 0.29) is 10.8 Å². The predicted molar refractivity (Wildman–Crippen MR) is 191 cm³/mol. The second-order valence-corrected chi connectivity index (χ2v) is 14.6. The summed E-state index contributed by atoms with van der Waals surface area (Å²) >= 11 is 0. The first-order valence-corrected chi connectivity index (χ1v) is 16.7. The summed E-state index contributed by atoms with van der Waals surface area (Å²) in [4.78, 5) is 9.60. The summed E-state index contributed by atoms with van der Waals surface area (Å²) in [5.41, 5.74) is 12.2. The van der Waals surface area contributed by atoms with E-state index in [4.69, 9.17) is 14.7 Å². The van der Waals surface area contributed by atoms with Gasteiger partial charge < -0.3 is 4.74 Å². The molecule has 0 bridgehead atoms. The summed E-state index contributed by atoms with van der Waals surface area (Å²) in [7, 11) is 0. The van der Waals surface area contributed by atoms with E-state index >= 15 is 0 Å². The monoisotopic (exact) mass is 611 g/mol. The van der Waals surface area contributed by atoms with Gasteiger partial charge in [0, 0.05) is 34.8 Å². The van der Waals surface area contributed by atoms with E-state index in [1.807, 2.05) is 24.5 Å². The van der Waals surface area contributed by atoms with Crippen molar-refractivity contribution in [2.24, 2.45) is 5.41 Å². The van der Waals surface area contributed by atoms with Crippen LogP contribution in [0.5, 0.6) is 11.5 Å². The number of rotatable bonds is 4. The van der Waals surface area contributed by atoms with Crippen molar-refractivity contribution >= 4 is 21.9 Å². The Morgan fingerprint density at radius 2 is 1.38 bits per heavy atom. The van der Waals surface area contributed by atoms with E-state index in [2.05, 4.69) is 122 Å². The maximum absolute atomic E-state index is 7.10. The molecule has 2 aliphatic carbocycles. The molecule has 7 aromatic rings. The van der Waals surface area contributed by atoms with Crippen molar-refractivity contribution in [3.8, 4) is 28.4 Å². The smallest absolute Gasteiger partial charge is 0.145 e. The highest BCUT2D eigenvalue weighted by molar-refractivity contribution is 6.07. The minimum atomic E-state index is -0.0856. The molecule has 0 saturated heterocycles. The number of para-hydroxylation sites is 1. The number of hydrogen-bond donors (Lipinski definition) is 0. The number of aromatic nitrogens is 3. The summed E-state index contributed by atoms with van der Waals surface area (Å²) in [6, 6.07) is 39.2. The summed E-state index contributed by atoms with van der Waals surface area (Å²) in [5.74, 6) is 1.78. The predicted octanol–water partition coefficient (Wildman–Crippen LogP) is 10.2. The fraction of sp³-hybridized carbons (Fsp3) is 0.209. The average Bonchev–Trinajstić information content (AvgIpc) is 3.74. The molecule has 0 fully saturated rings. The van der Waals surface area contributed by atoms with Crippen LogP contribution in [0.15, 0.2) is 122 Å². The van der Waals surface area contributed by atoms with Crippen LogP contribution in [-0.4, -0.2) is 14.5 Å². The van der Waals surface area contributed by atoms with Gasteiger partial charge in [-0.15, -0.1) is 0 Å². The van der Waals surface area contributed by atoms with Crippen molar-refractivity contribution in [1.29, 1.82) is 0 Å². The van der Waals surface area contributed by atoms with Crippen molar-refractivity contribution in [2.75, 3.05) is 0 Å². The zero-order chi connectivity index (χ0) is 31.8. The molecule has 230 valence electrons. The summed E-state index contributed by atoms with van der Waals surface area (Å²) in [6.45, 7) is 6.79. The average molecular weight is 612 g/mol. The van der Waals surface area contributed by atoms with Crippen molar-refractivity contribution in [3.63, 3.8) is 0 Å². The van der Waals surface area contributed by atoms with Crippen LogP contribution in [0, 0.1) is 5.41 Å². The number of fused-ring (bicyclic) bond motifs is 5. The van der Waals surface area contributed by atoms with Gasteiger partial charge in [0.1, 0.15) is 17.1 Å². The molecule has 4 nitrogen and oxygen atoms in total. The van der Waals surface area contributed by atoms with Crippen LogP contribution in [0.4, 0.5) is 0 Å². The maximum Gasteiger partial charge on any atom is 0.145 e. The summed E-state index contributed by atoms with van der Waals surface area (Å²) in [6.07, 6.45) is 8.04. The van der Waals surface area contributed by atoms with Gasteiger partial charge in [0.15, 0.2) is 0 Å². The Hall–Kier alpha value is -5.22. The molecule has 3 aromatic heterocycles. The molecule has 0 radical (unpaired) electrons. The topological polar surface area (TPSA) is 39.9 Å². The molecule has 0 N–H and O–H groups in total. The number of pyridine rings is 2. The lowest BCUT2D eigenvalue weighted by atomic mass is 9.82. The highest BCUT2D eigenvalue weighted by Gasteiger charge is 2.43. The summed E-state index contributed by atoms with van der Waals surface area (Å²) < 4.78 is 9.38. The first kappa shape index (κ1) is 28.0. The number of nitrogens with zero attached hydrogens (tertiary/aromatic N) is 3. The molecule has 47 heavy (non-hydrogen) atoms. The minimum absolute atomic E-state index is 0.0856. The molecular formula is C43H37N3O. The van der Waals surface area contributed by atoms with Crippen LogP contribution in [0.1, 0.15) is 48.6 Å². The fourth-order valence-corrected chi connectivity index (χ4v) is 8.09. The van der Waals surface area contributed by atoms with Crippen LogP contribution in [0.2, 0.25) is 0 Å². The van der Waals surface area contributed by atoms with Gasteiger partial charge in [0.05, 0.1) is 16.9 Å². The molecule has 3 heterocycles. The summed E-state index contributed by atoms with van der Waals surface area (Å²) in [5, 5.41) is 2.35. The second kappa shape index (κ2) is 10.4. The van der Waals surface area contributed by atoms with E-state index in [1.165, 1.54) is 33.2 Å². The number of ether oxygens (including phenoxy) is 1. The Morgan fingerprint density at radius 3 is 2.17 bits per heavy atom. The van der Waals surface area contributed by atoms with Crippen LogP contribution < -0.4 is 4.74 Å². The molecule has 9 rings (SSSR count). The van der Waals surface area contributed by atoms with Crippen LogP contribution >= 0.6 is 0 Å². The van der Waals surface area contributed by atoms with Crippen LogP contribution in [-0.2, 0) is 31.1 Å². The Bertz CT molecular complexity index is 2250. The fourth-order valence-electron chi connectivity index (χ4n) is 8.09. The molecule has 0 amide bonds. The molecule has 0 aliphatic heterocycles. The van der Waals surface area contributed by atoms with Crippen molar-refractivity contribution in [3.05, 3.63) is 149 Å². The van der Waals surface area contributed by atoms with Crippen LogP contribution in [0.25, 0.3) is 38.9 Å². The van der Waals surface area contributed by atoms with E-state index < -0.39 is 0 Å². The van der Waals surface area contributed by atoms with Crippen molar-refractivity contribution in [2.45, 2.75) is 51.9 Å². The molecule has 4 aromatic carbocycles. The number of hydrogen-bond acceptors (Lipinski definition) is 3. The van der Waals surface area contributed by atoms with Gasteiger partial charge in [-0.25, -0.2) is 4.98 Å². The molecule has 1 spiro atoms. The second-order valence-electron chi connectivity index (χ2n) is 14.6. The Kier molecular flexibility index (Phi) is 6.20. The zero-order valence-corrected chi connectivity index (χ0v) is 27.1. The molecule has 0 saturated carbocycles. The third kappa shape index (κ3) is 4.74. The van der Waals surface area contributed by atoms with E-state index in [9.17, 15) is 0 Å². The molecular weight excluding hydrogens is 574 g/mol. The van der Waals surface area contributed by atoms with E-state index in [0.29, 0.717) is 0 Å². The van der Waals surface area contributed by atoms with E-state index in [0.717, 1.165) is 70.7 Å². The van der Waals surface area contributed by atoms with Gasteiger partial charge in [-0.2, -0.15) is 0 Å². The van der Waals surface area contributed by atoms with Gasteiger partial charge >= 0.3 is 0 Å². The third-order valence-electron chi connectivity index (χ3n) is 10.3. The third-order valence-corrected chi connectivity index (χ3v) is 10.3. The first-order valence-electron chi connectivity index (χ1n) is 16.7.